The van der Waals surface area contributed by atoms with Gasteiger partial charge in [-0.15, -0.1) is 0 Å². The van der Waals surface area contributed by atoms with E-state index in [0.29, 0.717) is 24.5 Å². The zero-order valence-electron chi connectivity index (χ0n) is 8.66. The van der Waals surface area contributed by atoms with Gasteiger partial charge in [-0.05, 0) is 25.5 Å². The number of nitrogens with zero attached hydrogens (tertiary/aromatic N) is 1. The molecule has 2 heterocycles. The van der Waals surface area contributed by atoms with Crippen LogP contribution in [0.4, 0.5) is 0 Å². The van der Waals surface area contributed by atoms with Gasteiger partial charge in [0.15, 0.2) is 11.5 Å². The molecule has 4 nitrogen and oxygen atoms in total. The monoisotopic (exact) mass is 207 g/mol. The molecule has 1 aromatic heterocycles. The molecule has 1 saturated heterocycles. The number of hydrogen-bond donors (Lipinski definition) is 0. The molecule has 0 unspecified atom stereocenters. The van der Waals surface area contributed by atoms with E-state index in [1.165, 1.54) is 0 Å². The van der Waals surface area contributed by atoms with E-state index in [1.807, 2.05) is 0 Å². The second-order valence-corrected chi connectivity index (χ2v) is 3.78. The minimum absolute atomic E-state index is 0.123. The third-order valence-electron chi connectivity index (χ3n) is 2.49. The Morgan fingerprint density at radius 2 is 2.27 bits per heavy atom. The molecular weight excluding hydrogens is 194 g/mol. The summed E-state index contributed by atoms with van der Waals surface area (Å²) in [5.74, 6) is 0.970. The van der Waals surface area contributed by atoms with E-state index in [-0.39, 0.29) is 18.2 Å². The predicted octanol–water partition coefficient (Wildman–Crippen LogP) is 1.39. The Morgan fingerprint density at radius 1 is 1.47 bits per heavy atom. The Bertz CT molecular complexity index is 394. The second-order valence-electron chi connectivity index (χ2n) is 3.78. The first kappa shape index (κ1) is 9.96. The summed E-state index contributed by atoms with van der Waals surface area (Å²) in [6.45, 7) is 2.65. The fraction of sp³-hybridized carbons (Fsp3) is 0.455. The highest BCUT2D eigenvalue weighted by Gasteiger charge is 2.24. The van der Waals surface area contributed by atoms with Gasteiger partial charge in [-0.1, -0.05) is 0 Å². The van der Waals surface area contributed by atoms with Gasteiger partial charge >= 0.3 is 0 Å². The molecule has 0 N–H and O–H groups in total. The van der Waals surface area contributed by atoms with Crippen molar-refractivity contribution in [2.45, 2.75) is 19.8 Å². The summed E-state index contributed by atoms with van der Waals surface area (Å²) in [6.07, 6.45) is 1.34. The summed E-state index contributed by atoms with van der Waals surface area (Å²) in [4.78, 5) is 24.6. The lowest BCUT2D eigenvalue weighted by Gasteiger charge is -2.24. The maximum absolute atomic E-state index is 11.8. The topological polar surface area (TPSA) is 50.5 Å². The highest BCUT2D eigenvalue weighted by Crippen LogP contribution is 2.13. The number of carbonyl (C=O) groups excluding carboxylic acids is 2. The number of amides is 1. The quantitative estimate of drug-likeness (QED) is 0.699. The molecule has 0 atom stereocenters. The van der Waals surface area contributed by atoms with Crippen LogP contribution < -0.4 is 0 Å². The number of ketones is 1. The molecule has 0 radical (unpaired) electrons. The summed E-state index contributed by atoms with van der Waals surface area (Å²) in [5.41, 5.74) is 0. The van der Waals surface area contributed by atoms with E-state index in [1.54, 1.807) is 24.0 Å². The van der Waals surface area contributed by atoms with Crippen molar-refractivity contribution in [3.8, 4) is 0 Å². The van der Waals surface area contributed by atoms with Crippen molar-refractivity contribution in [3.63, 3.8) is 0 Å². The molecule has 15 heavy (non-hydrogen) atoms. The number of likely N-dealkylation sites (tertiary alicyclic amines) is 1. The van der Waals surface area contributed by atoms with E-state index in [2.05, 4.69) is 0 Å². The smallest absolute Gasteiger partial charge is 0.289 e. The predicted molar refractivity (Wildman–Crippen MR) is 53.6 cm³/mol. The number of rotatable bonds is 1. The number of furan rings is 1. The molecule has 1 aliphatic rings. The van der Waals surface area contributed by atoms with Crippen LogP contribution >= 0.6 is 0 Å². The van der Waals surface area contributed by atoms with E-state index in [9.17, 15) is 9.59 Å². The molecular formula is C11H13NO3. The molecule has 0 aliphatic carbocycles. The van der Waals surface area contributed by atoms with Crippen molar-refractivity contribution in [2.75, 3.05) is 13.1 Å². The van der Waals surface area contributed by atoms with E-state index >= 15 is 0 Å². The zero-order chi connectivity index (χ0) is 10.8. The Labute approximate surface area is 87.9 Å². The Balaban J connectivity index is 2.10. The molecule has 1 aromatic rings. The molecule has 0 bridgehead atoms. The summed E-state index contributed by atoms with van der Waals surface area (Å²) in [7, 11) is 0. The number of aryl methyl sites for hydroxylation is 1. The van der Waals surface area contributed by atoms with Gasteiger partial charge in [-0.2, -0.15) is 0 Å². The highest BCUT2D eigenvalue weighted by molar-refractivity contribution is 5.95. The maximum atomic E-state index is 11.8. The third-order valence-corrected chi connectivity index (χ3v) is 2.49. The zero-order valence-corrected chi connectivity index (χ0v) is 8.66. The highest BCUT2D eigenvalue weighted by atomic mass is 16.3. The number of Topliss-reactive ketones (excluding diaryl/α,β-unsaturated/α-hetero) is 1. The van der Waals surface area contributed by atoms with Crippen molar-refractivity contribution in [3.05, 3.63) is 23.7 Å². The largest absolute Gasteiger partial charge is 0.456 e. The van der Waals surface area contributed by atoms with Gasteiger partial charge in [0.05, 0.1) is 6.54 Å². The van der Waals surface area contributed by atoms with Crippen LogP contribution in [-0.4, -0.2) is 29.7 Å². The molecule has 1 fully saturated rings. The molecule has 0 aromatic carbocycles. The standard InChI is InChI=1S/C11H13NO3/c1-8-4-5-10(15-8)11(14)12-6-2-3-9(13)7-12/h4-5H,2-3,6-7H2,1H3. The first-order valence-electron chi connectivity index (χ1n) is 5.04. The van der Waals surface area contributed by atoms with Crippen molar-refractivity contribution in [1.29, 1.82) is 0 Å². The molecule has 1 amide bonds. The van der Waals surface area contributed by atoms with Gasteiger partial charge in [0.1, 0.15) is 5.76 Å². The van der Waals surface area contributed by atoms with Crippen LogP contribution in [0.25, 0.3) is 0 Å². The average molecular weight is 207 g/mol. The lowest BCUT2D eigenvalue weighted by Crippen LogP contribution is -2.39. The van der Waals surface area contributed by atoms with Gasteiger partial charge in [0, 0.05) is 13.0 Å². The van der Waals surface area contributed by atoms with Crippen molar-refractivity contribution in [1.82, 2.24) is 4.90 Å². The van der Waals surface area contributed by atoms with E-state index < -0.39 is 0 Å². The van der Waals surface area contributed by atoms with Crippen LogP contribution in [0.15, 0.2) is 16.5 Å². The van der Waals surface area contributed by atoms with Gasteiger partial charge in [-0.3, -0.25) is 9.59 Å². The molecule has 80 valence electrons. The van der Waals surface area contributed by atoms with Crippen LogP contribution in [-0.2, 0) is 4.79 Å². The van der Waals surface area contributed by atoms with E-state index in [4.69, 9.17) is 4.42 Å². The number of carbonyl (C=O) groups is 2. The van der Waals surface area contributed by atoms with Gasteiger partial charge in [0.25, 0.3) is 5.91 Å². The Morgan fingerprint density at radius 3 is 2.87 bits per heavy atom. The Hall–Kier alpha value is -1.58. The van der Waals surface area contributed by atoms with Crippen LogP contribution in [0, 0.1) is 6.92 Å². The Kier molecular flexibility index (Phi) is 2.58. The summed E-state index contributed by atoms with van der Waals surface area (Å²) in [5, 5.41) is 0. The second kappa shape index (κ2) is 3.88. The third kappa shape index (κ3) is 2.09. The molecule has 2 rings (SSSR count). The van der Waals surface area contributed by atoms with Crippen molar-refractivity contribution < 1.29 is 14.0 Å². The minimum Gasteiger partial charge on any atom is -0.456 e. The van der Waals surface area contributed by atoms with Crippen molar-refractivity contribution in [2.24, 2.45) is 0 Å². The van der Waals surface area contributed by atoms with Crippen molar-refractivity contribution >= 4 is 11.7 Å². The van der Waals surface area contributed by atoms with Crippen LogP contribution in [0.3, 0.4) is 0 Å². The van der Waals surface area contributed by atoms with Crippen LogP contribution in [0.1, 0.15) is 29.2 Å². The summed E-state index contributed by atoms with van der Waals surface area (Å²) in [6, 6.07) is 3.40. The first-order valence-corrected chi connectivity index (χ1v) is 5.04. The van der Waals surface area contributed by atoms with E-state index in [0.717, 1.165) is 6.42 Å². The molecule has 4 heteroatoms. The summed E-state index contributed by atoms with van der Waals surface area (Å²) >= 11 is 0. The lowest BCUT2D eigenvalue weighted by atomic mass is 10.1. The van der Waals surface area contributed by atoms with Gasteiger partial charge in [0.2, 0.25) is 0 Å². The van der Waals surface area contributed by atoms with Gasteiger partial charge < -0.3 is 9.32 Å². The van der Waals surface area contributed by atoms with Crippen LogP contribution in [0.5, 0.6) is 0 Å². The normalized spacial score (nSPS) is 16.9. The van der Waals surface area contributed by atoms with Crippen LogP contribution in [0.2, 0.25) is 0 Å². The number of piperidine rings is 1. The molecule has 0 saturated carbocycles. The maximum Gasteiger partial charge on any atom is 0.289 e. The SMILES string of the molecule is Cc1ccc(C(=O)N2CCCC(=O)C2)o1. The molecule has 0 spiro atoms. The van der Waals surface area contributed by atoms with Gasteiger partial charge in [-0.25, -0.2) is 0 Å². The fourth-order valence-electron chi connectivity index (χ4n) is 1.72. The lowest BCUT2D eigenvalue weighted by molar-refractivity contribution is -0.121. The first-order chi connectivity index (χ1) is 7.16. The summed E-state index contributed by atoms with van der Waals surface area (Å²) < 4.78 is 5.23. The minimum atomic E-state index is -0.184. The number of hydrogen-bond acceptors (Lipinski definition) is 3. The average Bonchev–Trinajstić information content (AvgIpc) is 2.64. The molecule has 1 aliphatic heterocycles. The fourth-order valence-corrected chi connectivity index (χ4v) is 1.72.